The Morgan fingerprint density at radius 1 is 1.32 bits per heavy atom. The van der Waals surface area contributed by atoms with E-state index in [1.807, 2.05) is 0 Å². The molecule has 6 nitrogen and oxygen atoms in total. The van der Waals surface area contributed by atoms with Crippen molar-refractivity contribution in [2.24, 2.45) is 0 Å². The van der Waals surface area contributed by atoms with Crippen LogP contribution in [0, 0.1) is 5.82 Å². The fourth-order valence-electron chi connectivity index (χ4n) is 2.55. The minimum Gasteiger partial charge on any atom is -0.449 e. The average Bonchev–Trinajstić information content (AvgIpc) is 2.63. The minimum absolute atomic E-state index is 0.274. The number of nitrogens with one attached hydrogen (secondary N) is 1. The van der Waals surface area contributed by atoms with Crippen molar-refractivity contribution in [3.63, 3.8) is 0 Å². The molecule has 7 heteroatoms. The molecular formula is C18H18FN3O3. The first kappa shape index (κ1) is 16.9. The largest absolute Gasteiger partial charge is 0.449 e. The molecule has 0 bridgehead atoms. The molecule has 0 spiro atoms. The highest BCUT2D eigenvalue weighted by molar-refractivity contribution is 5.94. The van der Waals surface area contributed by atoms with Crippen molar-refractivity contribution in [2.75, 3.05) is 26.2 Å². The predicted molar refractivity (Wildman–Crippen MR) is 89.5 cm³/mol. The van der Waals surface area contributed by atoms with E-state index in [2.05, 4.69) is 10.3 Å². The minimum atomic E-state index is -0.346. The van der Waals surface area contributed by atoms with E-state index in [1.54, 1.807) is 29.2 Å². The summed E-state index contributed by atoms with van der Waals surface area (Å²) in [4.78, 5) is 29.4. The number of carbonyl (C=O) groups is 2. The van der Waals surface area contributed by atoms with Gasteiger partial charge >= 0.3 is 6.09 Å². The van der Waals surface area contributed by atoms with Gasteiger partial charge in [-0.2, -0.15) is 0 Å². The van der Waals surface area contributed by atoms with Crippen molar-refractivity contribution in [1.29, 1.82) is 0 Å². The molecule has 1 saturated heterocycles. The van der Waals surface area contributed by atoms with E-state index in [0.29, 0.717) is 43.1 Å². The molecule has 0 aliphatic carbocycles. The second-order valence-corrected chi connectivity index (χ2v) is 5.65. The van der Waals surface area contributed by atoms with E-state index in [4.69, 9.17) is 4.74 Å². The van der Waals surface area contributed by atoms with Crippen LogP contribution in [0.3, 0.4) is 0 Å². The Hall–Kier alpha value is -2.96. The molecule has 1 fully saturated rings. The van der Waals surface area contributed by atoms with Crippen LogP contribution in [0.4, 0.5) is 9.18 Å². The van der Waals surface area contributed by atoms with Gasteiger partial charge in [0.15, 0.2) is 0 Å². The number of aromatic nitrogens is 1. The van der Waals surface area contributed by atoms with Crippen LogP contribution in [0.2, 0.25) is 0 Å². The van der Waals surface area contributed by atoms with Crippen molar-refractivity contribution in [1.82, 2.24) is 15.2 Å². The summed E-state index contributed by atoms with van der Waals surface area (Å²) >= 11 is 0. The maximum atomic E-state index is 13.3. The van der Waals surface area contributed by atoms with Crippen LogP contribution in [-0.2, 0) is 4.74 Å². The van der Waals surface area contributed by atoms with E-state index >= 15 is 0 Å². The van der Waals surface area contributed by atoms with Crippen LogP contribution in [-0.4, -0.2) is 48.1 Å². The van der Waals surface area contributed by atoms with Gasteiger partial charge in [0.1, 0.15) is 5.82 Å². The molecule has 2 aromatic rings. The van der Waals surface area contributed by atoms with Crippen molar-refractivity contribution in [2.45, 2.75) is 6.42 Å². The van der Waals surface area contributed by atoms with E-state index < -0.39 is 0 Å². The highest BCUT2D eigenvalue weighted by atomic mass is 19.1. The van der Waals surface area contributed by atoms with E-state index in [-0.39, 0.29) is 17.8 Å². The highest BCUT2D eigenvalue weighted by Gasteiger charge is 2.19. The Labute approximate surface area is 144 Å². The molecule has 2 amide bonds. The van der Waals surface area contributed by atoms with Crippen molar-refractivity contribution >= 4 is 12.0 Å². The summed E-state index contributed by atoms with van der Waals surface area (Å²) in [6.45, 7) is 1.82. The second kappa shape index (κ2) is 7.74. The predicted octanol–water partition coefficient (Wildman–Crippen LogP) is 2.46. The number of amides is 2. The third-order valence-electron chi connectivity index (χ3n) is 3.87. The van der Waals surface area contributed by atoms with E-state index in [9.17, 15) is 14.0 Å². The Morgan fingerprint density at radius 3 is 2.92 bits per heavy atom. The molecule has 0 atom stereocenters. The fourth-order valence-corrected chi connectivity index (χ4v) is 2.55. The quantitative estimate of drug-likeness (QED) is 0.905. The third-order valence-corrected chi connectivity index (χ3v) is 3.87. The highest BCUT2D eigenvalue weighted by Crippen LogP contribution is 2.17. The number of hydrogen-bond acceptors (Lipinski definition) is 4. The van der Waals surface area contributed by atoms with Gasteiger partial charge in [-0.05, 0) is 30.7 Å². The number of carbonyl (C=O) groups excluding carboxylic acids is 2. The summed E-state index contributed by atoms with van der Waals surface area (Å²) in [5.41, 5.74) is 1.64. The van der Waals surface area contributed by atoms with Gasteiger partial charge in [0.05, 0.1) is 17.9 Å². The number of halogens is 1. The monoisotopic (exact) mass is 343 g/mol. The van der Waals surface area contributed by atoms with Crippen LogP contribution in [0.1, 0.15) is 16.8 Å². The summed E-state index contributed by atoms with van der Waals surface area (Å²) in [6.07, 6.45) is 1.90. The maximum absolute atomic E-state index is 13.3. The number of nitrogens with zero attached hydrogens (tertiary/aromatic N) is 2. The lowest BCUT2D eigenvalue weighted by atomic mass is 10.1. The first-order valence-electron chi connectivity index (χ1n) is 8.05. The van der Waals surface area contributed by atoms with Gasteiger partial charge in [0.25, 0.3) is 5.91 Å². The number of hydrogen-bond donors (Lipinski definition) is 1. The molecule has 1 aromatic carbocycles. The SMILES string of the molecule is O=C(NCCN1CCCOC1=O)c1ccc(-c2cccc(F)c2)nc1. The first-order valence-corrected chi connectivity index (χ1v) is 8.05. The van der Waals surface area contributed by atoms with Crippen molar-refractivity contribution in [3.05, 3.63) is 54.0 Å². The smallest absolute Gasteiger partial charge is 0.409 e. The zero-order valence-electron chi connectivity index (χ0n) is 13.6. The molecule has 2 heterocycles. The molecular weight excluding hydrogens is 325 g/mol. The van der Waals surface area contributed by atoms with Gasteiger partial charge in [-0.3, -0.25) is 9.78 Å². The normalized spacial score (nSPS) is 14.1. The topological polar surface area (TPSA) is 71.5 Å². The van der Waals surface area contributed by atoms with Crippen molar-refractivity contribution < 1.29 is 18.7 Å². The molecule has 1 N–H and O–H groups in total. The van der Waals surface area contributed by atoms with Crippen molar-refractivity contribution in [3.8, 4) is 11.3 Å². The second-order valence-electron chi connectivity index (χ2n) is 5.65. The molecule has 130 valence electrons. The van der Waals surface area contributed by atoms with E-state index in [0.717, 1.165) is 6.42 Å². The first-order chi connectivity index (χ1) is 12.1. The zero-order valence-corrected chi connectivity index (χ0v) is 13.6. The van der Waals surface area contributed by atoms with Gasteiger partial charge < -0.3 is 15.0 Å². The number of rotatable bonds is 5. The van der Waals surface area contributed by atoms with Gasteiger partial charge in [0.2, 0.25) is 0 Å². The molecule has 1 aromatic heterocycles. The summed E-state index contributed by atoms with van der Waals surface area (Å²) < 4.78 is 18.2. The molecule has 0 radical (unpaired) electrons. The third kappa shape index (κ3) is 4.32. The number of cyclic esters (lactones) is 1. The van der Waals surface area contributed by atoms with Crippen LogP contribution in [0.5, 0.6) is 0 Å². The molecule has 0 unspecified atom stereocenters. The number of pyridine rings is 1. The van der Waals surface area contributed by atoms with Gasteiger partial charge in [-0.1, -0.05) is 12.1 Å². The van der Waals surface area contributed by atoms with Crippen LogP contribution in [0.15, 0.2) is 42.6 Å². The summed E-state index contributed by atoms with van der Waals surface area (Å²) in [7, 11) is 0. The molecule has 1 aliphatic rings. The Balaban J connectivity index is 1.55. The Morgan fingerprint density at radius 2 is 2.20 bits per heavy atom. The van der Waals surface area contributed by atoms with Crippen LogP contribution < -0.4 is 5.32 Å². The maximum Gasteiger partial charge on any atom is 0.409 e. The molecule has 25 heavy (non-hydrogen) atoms. The lowest BCUT2D eigenvalue weighted by Crippen LogP contribution is -2.42. The average molecular weight is 343 g/mol. The lowest BCUT2D eigenvalue weighted by Gasteiger charge is -2.26. The fraction of sp³-hybridized carbons (Fsp3) is 0.278. The molecule has 0 saturated carbocycles. The molecule has 1 aliphatic heterocycles. The zero-order chi connectivity index (χ0) is 17.6. The van der Waals surface area contributed by atoms with E-state index in [1.165, 1.54) is 18.3 Å². The standard InChI is InChI=1S/C18H18FN3O3/c19-15-4-1-3-13(11-15)16-6-5-14(12-21-16)17(23)20-7-9-22-8-2-10-25-18(22)24/h1,3-6,11-12H,2,7-10H2,(H,20,23). The number of ether oxygens (including phenoxy) is 1. The van der Waals surface area contributed by atoms with Gasteiger partial charge in [0, 0.05) is 31.4 Å². The summed E-state index contributed by atoms with van der Waals surface area (Å²) in [5, 5.41) is 2.75. The van der Waals surface area contributed by atoms with Crippen LogP contribution >= 0.6 is 0 Å². The summed E-state index contributed by atoms with van der Waals surface area (Å²) in [6, 6.07) is 9.42. The van der Waals surface area contributed by atoms with Crippen LogP contribution in [0.25, 0.3) is 11.3 Å². The Kier molecular flexibility index (Phi) is 5.23. The summed E-state index contributed by atoms with van der Waals surface area (Å²) in [5.74, 6) is -0.610. The van der Waals surface area contributed by atoms with Gasteiger partial charge in [-0.25, -0.2) is 9.18 Å². The molecule has 3 rings (SSSR count). The van der Waals surface area contributed by atoms with Gasteiger partial charge in [-0.15, -0.1) is 0 Å². The Bertz CT molecular complexity index is 764. The lowest BCUT2D eigenvalue weighted by molar-refractivity contribution is 0.0719. The number of benzene rings is 1.